The van der Waals surface area contributed by atoms with Crippen LogP contribution in [0.25, 0.3) is 0 Å². The molecule has 9 heteroatoms. The van der Waals surface area contributed by atoms with Crippen LogP contribution in [0.1, 0.15) is 13.3 Å². The van der Waals surface area contributed by atoms with Crippen molar-refractivity contribution in [1.82, 2.24) is 9.71 Å². The van der Waals surface area contributed by atoms with E-state index in [1.807, 2.05) is 0 Å². The third kappa shape index (κ3) is 3.64. The van der Waals surface area contributed by atoms with E-state index in [1.165, 1.54) is 19.2 Å². The van der Waals surface area contributed by atoms with Crippen molar-refractivity contribution in [1.29, 1.82) is 0 Å². The molecule has 1 atom stereocenters. The van der Waals surface area contributed by atoms with Gasteiger partial charge < -0.3 is 10.9 Å². The summed E-state index contributed by atoms with van der Waals surface area (Å²) < 4.78 is 39.0. The Hall–Kier alpha value is -1.74. The van der Waals surface area contributed by atoms with Gasteiger partial charge in [0.05, 0.1) is 0 Å². The van der Waals surface area contributed by atoms with E-state index >= 15 is 0 Å². The molecule has 7 nitrogen and oxygen atoms in total. The predicted octanol–water partition coefficient (Wildman–Crippen LogP) is 0.0240. The fourth-order valence-electron chi connectivity index (χ4n) is 1.29. The van der Waals surface area contributed by atoms with Gasteiger partial charge in [0.1, 0.15) is 5.84 Å². The van der Waals surface area contributed by atoms with E-state index in [4.69, 9.17) is 10.9 Å². The molecule has 0 aliphatic rings. The maximum absolute atomic E-state index is 13.3. The van der Waals surface area contributed by atoms with E-state index in [9.17, 15) is 12.8 Å². The lowest BCUT2D eigenvalue weighted by Gasteiger charge is -2.13. The lowest BCUT2D eigenvalue weighted by molar-refractivity contribution is 0.316. The number of nitrogens with one attached hydrogen (secondary N) is 1. The monoisotopic (exact) mass is 276 g/mol. The molecule has 0 saturated carbocycles. The molecule has 1 unspecified atom stereocenters. The second-order valence-corrected chi connectivity index (χ2v) is 5.24. The molecule has 4 N–H and O–H groups in total. The van der Waals surface area contributed by atoms with Crippen molar-refractivity contribution in [3.05, 3.63) is 24.1 Å². The van der Waals surface area contributed by atoms with E-state index in [2.05, 4.69) is 14.9 Å². The predicted molar refractivity (Wildman–Crippen MR) is 62.0 cm³/mol. The minimum absolute atomic E-state index is 0.00974. The first-order chi connectivity index (χ1) is 8.36. The van der Waals surface area contributed by atoms with Crippen LogP contribution in [0.5, 0.6) is 0 Å². The fraction of sp³-hybridized carbons (Fsp3) is 0.333. The molecule has 0 bridgehead atoms. The number of rotatable bonds is 5. The molecule has 0 aromatic carbocycles. The summed E-state index contributed by atoms with van der Waals surface area (Å²) in [4.78, 5) is 3.47. The second kappa shape index (κ2) is 5.74. The van der Waals surface area contributed by atoms with Gasteiger partial charge in [0.2, 0.25) is 5.03 Å². The van der Waals surface area contributed by atoms with Crippen LogP contribution in [-0.2, 0) is 10.0 Å². The Kier molecular flexibility index (Phi) is 4.56. The second-order valence-electron chi connectivity index (χ2n) is 3.61. The minimum atomic E-state index is -4.07. The molecule has 0 aliphatic heterocycles. The summed E-state index contributed by atoms with van der Waals surface area (Å²) >= 11 is 0. The van der Waals surface area contributed by atoms with Crippen molar-refractivity contribution in [2.75, 3.05) is 0 Å². The van der Waals surface area contributed by atoms with E-state index in [0.29, 0.717) is 0 Å². The topological polar surface area (TPSA) is 118 Å². The van der Waals surface area contributed by atoms with Crippen LogP contribution in [0.15, 0.2) is 28.5 Å². The molecule has 18 heavy (non-hydrogen) atoms. The molecule has 0 fully saturated rings. The zero-order chi connectivity index (χ0) is 13.8. The van der Waals surface area contributed by atoms with E-state index in [-0.39, 0.29) is 12.3 Å². The Morgan fingerprint density at radius 3 is 2.94 bits per heavy atom. The summed E-state index contributed by atoms with van der Waals surface area (Å²) in [6.07, 6.45) is 1.16. The number of hydrogen-bond acceptors (Lipinski definition) is 5. The number of aromatic nitrogens is 1. The number of amidine groups is 1. The highest BCUT2D eigenvalue weighted by Crippen LogP contribution is 2.10. The summed E-state index contributed by atoms with van der Waals surface area (Å²) in [6, 6.07) is 1.62. The average molecular weight is 276 g/mol. The van der Waals surface area contributed by atoms with Crippen molar-refractivity contribution >= 4 is 15.9 Å². The number of pyridine rings is 1. The Morgan fingerprint density at radius 2 is 2.39 bits per heavy atom. The van der Waals surface area contributed by atoms with Gasteiger partial charge in [0, 0.05) is 18.7 Å². The fourth-order valence-corrected chi connectivity index (χ4v) is 2.53. The summed E-state index contributed by atoms with van der Waals surface area (Å²) in [5.74, 6) is -1.08. The lowest BCUT2D eigenvalue weighted by atomic mass is 10.2. The molecule has 1 heterocycles. The van der Waals surface area contributed by atoms with Crippen LogP contribution in [-0.4, -0.2) is 30.5 Å². The van der Waals surface area contributed by atoms with E-state index in [1.54, 1.807) is 0 Å². The van der Waals surface area contributed by atoms with Crippen LogP contribution >= 0.6 is 0 Å². The van der Waals surface area contributed by atoms with Gasteiger partial charge in [-0.25, -0.2) is 22.5 Å². The summed E-state index contributed by atoms with van der Waals surface area (Å²) in [5.41, 5.74) is 5.24. The van der Waals surface area contributed by atoms with Crippen molar-refractivity contribution in [2.24, 2.45) is 10.9 Å². The summed E-state index contributed by atoms with van der Waals surface area (Å²) in [7, 11) is -4.07. The maximum atomic E-state index is 13.3. The van der Waals surface area contributed by atoms with Crippen molar-refractivity contribution in [2.45, 2.75) is 24.4 Å². The van der Waals surface area contributed by atoms with Gasteiger partial charge in [-0.1, -0.05) is 5.16 Å². The molecule has 1 aromatic rings. The lowest BCUT2D eigenvalue weighted by Crippen LogP contribution is -2.36. The van der Waals surface area contributed by atoms with Crippen molar-refractivity contribution in [3.8, 4) is 0 Å². The number of hydrogen-bond donors (Lipinski definition) is 3. The number of halogens is 1. The smallest absolute Gasteiger partial charge is 0.261 e. The molecule has 100 valence electrons. The molecule has 0 saturated heterocycles. The third-order valence-corrected chi connectivity index (χ3v) is 3.50. The van der Waals surface area contributed by atoms with Gasteiger partial charge >= 0.3 is 0 Å². The maximum Gasteiger partial charge on any atom is 0.261 e. The van der Waals surface area contributed by atoms with Gasteiger partial charge in [-0.15, -0.1) is 0 Å². The van der Waals surface area contributed by atoms with E-state index in [0.717, 1.165) is 6.07 Å². The van der Waals surface area contributed by atoms with Crippen LogP contribution in [0.2, 0.25) is 0 Å². The Balaban J connectivity index is 2.87. The number of nitrogens with two attached hydrogens (primary N) is 1. The quantitative estimate of drug-likeness (QED) is 0.303. The molecule has 0 spiro atoms. The highest BCUT2D eigenvalue weighted by molar-refractivity contribution is 7.89. The van der Waals surface area contributed by atoms with Gasteiger partial charge in [-0.05, 0) is 19.1 Å². The van der Waals surface area contributed by atoms with Crippen LogP contribution in [0.4, 0.5) is 4.39 Å². The highest BCUT2D eigenvalue weighted by Gasteiger charge is 2.22. The van der Waals surface area contributed by atoms with Gasteiger partial charge in [0.25, 0.3) is 10.0 Å². The van der Waals surface area contributed by atoms with Crippen LogP contribution in [0, 0.1) is 5.82 Å². The molecule has 0 amide bonds. The van der Waals surface area contributed by atoms with Gasteiger partial charge in [0.15, 0.2) is 5.82 Å². The largest absolute Gasteiger partial charge is 0.409 e. The van der Waals surface area contributed by atoms with Gasteiger partial charge in [-0.3, -0.25) is 0 Å². The average Bonchev–Trinajstić information content (AvgIpc) is 2.28. The Morgan fingerprint density at radius 1 is 1.72 bits per heavy atom. The normalized spacial score (nSPS) is 14.4. The highest BCUT2D eigenvalue weighted by atomic mass is 32.2. The first-order valence-electron chi connectivity index (χ1n) is 4.96. The SMILES string of the molecule is CC(C/C(N)=N/O)NS(=O)(=O)c1ncccc1F. The molecule has 0 radical (unpaired) electrons. The van der Waals surface area contributed by atoms with Crippen molar-refractivity contribution < 1.29 is 18.0 Å². The molecule has 0 aliphatic carbocycles. The Bertz CT molecular complexity index is 546. The third-order valence-electron chi connectivity index (χ3n) is 1.98. The molecule has 1 rings (SSSR count). The first kappa shape index (κ1) is 14.3. The zero-order valence-electron chi connectivity index (χ0n) is 9.54. The van der Waals surface area contributed by atoms with Crippen LogP contribution < -0.4 is 10.5 Å². The first-order valence-corrected chi connectivity index (χ1v) is 6.44. The summed E-state index contributed by atoms with van der Waals surface area (Å²) in [6.45, 7) is 1.50. The number of nitrogens with zero attached hydrogens (tertiary/aromatic N) is 2. The molecular weight excluding hydrogens is 263 g/mol. The Labute approximate surface area is 104 Å². The number of oxime groups is 1. The molecule has 1 aromatic heterocycles. The number of sulfonamides is 1. The van der Waals surface area contributed by atoms with Gasteiger partial charge in [-0.2, -0.15) is 0 Å². The summed E-state index contributed by atoms with van der Waals surface area (Å²) in [5, 5.41) is 10.4. The molecular formula is C9H13FN4O3S. The minimum Gasteiger partial charge on any atom is -0.409 e. The van der Waals surface area contributed by atoms with E-state index < -0.39 is 26.9 Å². The zero-order valence-corrected chi connectivity index (χ0v) is 10.4. The van der Waals surface area contributed by atoms with Crippen molar-refractivity contribution in [3.63, 3.8) is 0 Å². The van der Waals surface area contributed by atoms with Crippen LogP contribution in [0.3, 0.4) is 0 Å². The standard InChI is InChI=1S/C9H13FN4O3S/c1-6(5-8(11)13-15)14-18(16,17)9-7(10)3-2-4-12-9/h2-4,6,14-15H,5H2,1H3,(H2,11,13).